The zero-order valence-electron chi connectivity index (χ0n) is 16.5. The van der Waals surface area contributed by atoms with Gasteiger partial charge in [-0.25, -0.2) is 8.42 Å². The minimum atomic E-state index is -3.73. The summed E-state index contributed by atoms with van der Waals surface area (Å²) in [4.78, 5) is 12.8. The van der Waals surface area contributed by atoms with Crippen LogP contribution >= 0.6 is 11.6 Å². The second-order valence-corrected chi connectivity index (χ2v) is 9.58. The molecule has 4 rings (SSSR count). The summed E-state index contributed by atoms with van der Waals surface area (Å²) in [6.45, 7) is 2.36. The molecule has 0 aliphatic carbocycles. The van der Waals surface area contributed by atoms with Crippen LogP contribution in [-0.4, -0.2) is 55.1 Å². The Morgan fingerprint density at radius 1 is 1.33 bits per heavy atom. The Bertz CT molecular complexity index is 1220. The SMILES string of the molecule is COc1ccc(C(=O)N[C@@H]2CCN(S(=O)(=O)c3cc(C)cc4cn[nH]c34)C2)cc1Cl. The Morgan fingerprint density at radius 3 is 2.87 bits per heavy atom. The van der Waals surface area contributed by atoms with Crippen molar-refractivity contribution in [2.45, 2.75) is 24.3 Å². The zero-order chi connectivity index (χ0) is 21.5. The minimum Gasteiger partial charge on any atom is -0.495 e. The average molecular weight is 449 g/mol. The Kier molecular flexibility index (Phi) is 5.44. The van der Waals surface area contributed by atoms with Gasteiger partial charge in [0.2, 0.25) is 10.0 Å². The van der Waals surface area contributed by atoms with E-state index in [1.807, 2.05) is 13.0 Å². The highest BCUT2D eigenvalue weighted by molar-refractivity contribution is 7.89. The summed E-state index contributed by atoms with van der Waals surface area (Å²) in [6.07, 6.45) is 2.13. The molecule has 30 heavy (non-hydrogen) atoms. The average Bonchev–Trinajstić information content (AvgIpc) is 3.36. The molecule has 3 aromatic rings. The Balaban J connectivity index is 1.50. The molecule has 1 fully saturated rings. The monoisotopic (exact) mass is 448 g/mol. The van der Waals surface area contributed by atoms with E-state index in [9.17, 15) is 13.2 Å². The van der Waals surface area contributed by atoms with Crippen molar-refractivity contribution >= 4 is 38.4 Å². The number of fused-ring (bicyclic) bond motifs is 1. The molecule has 0 saturated carbocycles. The van der Waals surface area contributed by atoms with Gasteiger partial charge in [-0.05, 0) is 49.2 Å². The Hall–Kier alpha value is -2.62. The number of ether oxygens (including phenoxy) is 1. The first-order valence-corrected chi connectivity index (χ1v) is 11.2. The van der Waals surface area contributed by atoms with Crippen LogP contribution in [-0.2, 0) is 10.0 Å². The number of methoxy groups -OCH3 is 1. The van der Waals surface area contributed by atoms with Crippen LogP contribution in [0.15, 0.2) is 41.4 Å². The summed E-state index contributed by atoms with van der Waals surface area (Å²) in [5.41, 5.74) is 1.71. The summed E-state index contributed by atoms with van der Waals surface area (Å²) in [6, 6.07) is 7.99. The lowest BCUT2D eigenvalue weighted by Crippen LogP contribution is -2.38. The van der Waals surface area contributed by atoms with Crippen LogP contribution in [0.1, 0.15) is 22.3 Å². The predicted octanol–water partition coefficient (Wildman–Crippen LogP) is 2.73. The third-order valence-corrected chi connectivity index (χ3v) is 7.36. The summed E-state index contributed by atoms with van der Waals surface area (Å²) < 4.78 is 33.0. The number of rotatable bonds is 5. The number of H-pyrrole nitrogens is 1. The number of carbonyl (C=O) groups excluding carboxylic acids is 1. The van der Waals surface area contributed by atoms with E-state index in [1.54, 1.807) is 24.4 Å². The van der Waals surface area contributed by atoms with Gasteiger partial charge in [0.25, 0.3) is 5.91 Å². The smallest absolute Gasteiger partial charge is 0.251 e. The van der Waals surface area contributed by atoms with E-state index < -0.39 is 10.0 Å². The molecule has 1 aliphatic heterocycles. The van der Waals surface area contributed by atoms with Crippen molar-refractivity contribution in [1.29, 1.82) is 0 Å². The Morgan fingerprint density at radius 2 is 2.13 bits per heavy atom. The second kappa shape index (κ2) is 7.90. The molecular formula is C20H21ClN4O4S. The summed E-state index contributed by atoms with van der Waals surface area (Å²) in [5.74, 6) is 0.171. The third-order valence-electron chi connectivity index (χ3n) is 5.18. The molecule has 2 heterocycles. The maximum atomic E-state index is 13.2. The van der Waals surface area contributed by atoms with Crippen LogP contribution in [0.5, 0.6) is 5.75 Å². The fourth-order valence-corrected chi connectivity index (χ4v) is 5.67. The van der Waals surface area contributed by atoms with Gasteiger partial charge in [0.1, 0.15) is 10.6 Å². The number of aromatic nitrogens is 2. The number of benzene rings is 2. The van der Waals surface area contributed by atoms with Crippen molar-refractivity contribution in [3.05, 3.63) is 52.7 Å². The van der Waals surface area contributed by atoms with Crippen LogP contribution in [0.3, 0.4) is 0 Å². The maximum Gasteiger partial charge on any atom is 0.251 e. The molecule has 0 spiro atoms. The van der Waals surface area contributed by atoms with Crippen molar-refractivity contribution in [2.75, 3.05) is 20.2 Å². The van der Waals surface area contributed by atoms with Crippen LogP contribution in [0.2, 0.25) is 5.02 Å². The molecule has 158 valence electrons. The molecule has 0 bridgehead atoms. The van der Waals surface area contributed by atoms with Crippen molar-refractivity contribution in [2.24, 2.45) is 0 Å². The molecule has 1 amide bonds. The lowest BCUT2D eigenvalue weighted by atomic mass is 10.2. The summed E-state index contributed by atoms with van der Waals surface area (Å²) in [5, 5.41) is 10.7. The standard InChI is InChI=1S/C20H21ClN4O4S/c1-12-7-14-10-22-24-19(14)18(8-12)30(27,28)25-6-5-15(11-25)23-20(26)13-3-4-17(29-2)16(21)9-13/h3-4,7-10,15H,5-6,11H2,1-2H3,(H,22,24)(H,23,26)/t15-/m1/s1. The number of nitrogens with one attached hydrogen (secondary N) is 2. The molecule has 0 radical (unpaired) electrons. The van der Waals surface area contributed by atoms with Crippen LogP contribution < -0.4 is 10.1 Å². The van der Waals surface area contributed by atoms with Gasteiger partial charge >= 0.3 is 0 Å². The number of aromatic amines is 1. The number of nitrogens with zero attached hydrogens (tertiary/aromatic N) is 2. The molecule has 1 aliphatic rings. The van der Waals surface area contributed by atoms with Gasteiger partial charge in [-0.1, -0.05) is 11.6 Å². The van der Waals surface area contributed by atoms with Crippen molar-refractivity contribution in [3.8, 4) is 5.75 Å². The van der Waals surface area contributed by atoms with Gasteiger partial charge in [0.05, 0.1) is 23.8 Å². The highest BCUT2D eigenvalue weighted by Gasteiger charge is 2.34. The van der Waals surface area contributed by atoms with Crippen LogP contribution in [0.4, 0.5) is 0 Å². The third kappa shape index (κ3) is 3.76. The second-order valence-electron chi connectivity index (χ2n) is 7.27. The molecule has 1 atom stereocenters. The maximum absolute atomic E-state index is 13.2. The fourth-order valence-electron chi connectivity index (χ4n) is 3.65. The van der Waals surface area contributed by atoms with Crippen molar-refractivity contribution in [3.63, 3.8) is 0 Å². The van der Waals surface area contributed by atoms with Gasteiger partial charge in [-0.3, -0.25) is 9.89 Å². The first-order chi connectivity index (χ1) is 14.3. The molecule has 1 saturated heterocycles. The van der Waals surface area contributed by atoms with E-state index >= 15 is 0 Å². The first kappa shape index (κ1) is 20.6. The van der Waals surface area contributed by atoms with E-state index in [-0.39, 0.29) is 23.4 Å². The van der Waals surface area contributed by atoms with Crippen molar-refractivity contribution < 1.29 is 17.9 Å². The van der Waals surface area contributed by atoms with Gasteiger partial charge in [-0.15, -0.1) is 0 Å². The highest BCUT2D eigenvalue weighted by Crippen LogP contribution is 2.28. The van der Waals surface area contributed by atoms with Gasteiger partial charge in [-0.2, -0.15) is 9.40 Å². The molecule has 8 nitrogen and oxygen atoms in total. The number of sulfonamides is 1. The lowest BCUT2D eigenvalue weighted by molar-refractivity contribution is 0.0939. The molecule has 1 aromatic heterocycles. The number of aryl methyl sites for hydroxylation is 1. The van der Waals surface area contributed by atoms with Crippen LogP contribution in [0, 0.1) is 6.92 Å². The van der Waals surface area contributed by atoms with E-state index in [0.717, 1.165) is 10.9 Å². The Labute approximate surface area is 179 Å². The molecular weight excluding hydrogens is 428 g/mol. The zero-order valence-corrected chi connectivity index (χ0v) is 18.0. The number of carbonyl (C=O) groups is 1. The number of halogens is 1. The van der Waals surface area contributed by atoms with Gasteiger partial charge < -0.3 is 10.1 Å². The fraction of sp³-hybridized carbons (Fsp3) is 0.300. The molecule has 10 heteroatoms. The van der Waals surface area contributed by atoms with E-state index in [4.69, 9.17) is 16.3 Å². The van der Waals surface area contributed by atoms with Gasteiger partial charge in [0.15, 0.2) is 0 Å². The normalized spacial score (nSPS) is 17.4. The summed E-state index contributed by atoms with van der Waals surface area (Å²) >= 11 is 6.09. The quantitative estimate of drug-likeness (QED) is 0.624. The number of hydrogen-bond acceptors (Lipinski definition) is 5. The molecule has 2 N–H and O–H groups in total. The summed E-state index contributed by atoms with van der Waals surface area (Å²) in [7, 11) is -2.23. The molecule has 0 unspecified atom stereocenters. The topological polar surface area (TPSA) is 104 Å². The lowest BCUT2D eigenvalue weighted by Gasteiger charge is -2.18. The van der Waals surface area contributed by atoms with Crippen LogP contribution in [0.25, 0.3) is 10.9 Å². The van der Waals surface area contributed by atoms with Gasteiger partial charge in [0, 0.05) is 30.1 Å². The predicted molar refractivity (Wildman–Crippen MR) is 113 cm³/mol. The number of amides is 1. The minimum absolute atomic E-state index is 0.196. The first-order valence-electron chi connectivity index (χ1n) is 9.38. The number of hydrogen-bond donors (Lipinski definition) is 2. The van der Waals surface area contributed by atoms with E-state index in [1.165, 1.54) is 17.5 Å². The highest BCUT2D eigenvalue weighted by atomic mass is 35.5. The largest absolute Gasteiger partial charge is 0.495 e. The van der Waals surface area contributed by atoms with E-state index in [0.29, 0.717) is 34.8 Å². The van der Waals surface area contributed by atoms with Crippen molar-refractivity contribution in [1.82, 2.24) is 19.8 Å². The van der Waals surface area contributed by atoms with E-state index in [2.05, 4.69) is 15.5 Å². The molecule has 2 aromatic carbocycles.